The van der Waals surface area contributed by atoms with E-state index >= 15 is 0 Å². The van der Waals surface area contributed by atoms with E-state index in [-0.39, 0.29) is 18.1 Å². The predicted octanol–water partition coefficient (Wildman–Crippen LogP) is 1.34. The number of rotatable bonds is 4. The molecule has 0 aliphatic carbocycles. The fraction of sp³-hybridized carbons (Fsp3) is 0.526. The van der Waals surface area contributed by atoms with Crippen molar-refractivity contribution in [3.05, 3.63) is 41.0 Å². The molecule has 2 aromatic rings. The number of amides is 1. The maximum absolute atomic E-state index is 11.7. The van der Waals surface area contributed by atoms with Gasteiger partial charge in [0.15, 0.2) is 6.61 Å². The average molecular weight is 373 g/mol. The van der Waals surface area contributed by atoms with Crippen molar-refractivity contribution in [1.82, 2.24) is 15.0 Å². The van der Waals surface area contributed by atoms with Crippen LogP contribution in [0, 0.1) is 6.92 Å². The van der Waals surface area contributed by atoms with Crippen molar-refractivity contribution >= 4 is 5.91 Å². The van der Waals surface area contributed by atoms with Crippen LogP contribution in [0.1, 0.15) is 35.7 Å². The van der Waals surface area contributed by atoms with Crippen LogP contribution in [-0.4, -0.2) is 52.4 Å². The van der Waals surface area contributed by atoms with Gasteiger partial charge in [-0.1, -0.05) is 11.2 Å². The molecule has 3 heterocycles. The number of aromatic nitrogens is 2. The Morgan fingerprint density at radius 2 is 2.19 bits per heavy atom. The monoisotopic (exact) mass is 373 g/mol. The molecular formula is C19H23N3O5. The number of likely N-dealkylation sites (tertiary alicyclic amines) is 1. The molecule has 1 spiro atoms. The first kappa shape index (κ1) is 17.9. The molecule has 4 rings (SSSR count). The van der Waals surface area contributed by atoms with E-state index in [9.17, 15) is 4.79 Å². The van der Waals surface area contributed by atoms with Crippen LogP contribution < -0.4 is 4.74 Å². The molecule has 144 valence electrons. The SMILES string of the molecule is Cc1nc(COc2ccc3c(c2)CCOC32CCN(C(=O)CO)CC2)no1. The second-order valence-electron chi connectivity index (χ2n) is 6.97. The zero-order chi connectivity index (χ0) is 18.9. The number of aryl methyl sites for hydroxylation is 1. The minimum Gasteiger partial charge on any atom is -0.485 e. The number of benzene rings is 1. The molecule has 0 atom stereocenters. The Kier molecular flexibility index (Phi) is 4.84. The summed E-state index contributed by atoms with van der Waals surface area (Å²) in [5, 5.41) is 12.9. The third kappa shape index (κ3) is 3.54. The molecule has 0 saturated carbocycles. The van der Waals surface area contributed by atoms with Gasteiger partial charge in [-0.15, -0.1) is 0 Å². The molecule has 2 aliphatic rings. The van der Waals surface area contributed by atoms with Gasteiger partial charge in [-0.05, 0) is 42.5 Å². The fourth-order valence-corrected chi connectivity index (χ4v) is 3.92. The Morgan fingerprint density at radius 1 is 1.37 bits per heavy atom. The van der Waals surface area contributed by atoms with E-state index < -0.39 is 6.61 Å². The lowest BCUT2D eigenvalue weighted by molar-refractivity contribution is -0.143. The number of fused-ring (bicyclic) bond motifs is 2. The smallest absolute Gasteiger partial charge is 0.248 e. The molecule has 0 bridgehead atoms. The Labute approximate surface area is 157 Å². The van der Waals surface area contributed by atoms with Gasteiger partial charge < -0.3 is 24.0 Å². The molecule has 8 nitrogen and oxygen atoms in total. The number of piperidine rings is 1. The van der Waals surface area contributed by atoms with Crippen molar-refractivity contribution in [2.45, 2.75) is 38.4 Å². The fourth-order valence-electron chi connectivity index (χ4n) is 3.92. The van der Waals surface area contributed by atoms with Gasteiger partial charge in [0.2, 0.25) is 17.6 Å². The van der Waals surface area contributed by atoms with E-state index in [1.54, 1.807) is 11.8 Å². The predicted molar refractivity (Wildman–Crippen MR) is 94.0 cm³/mol. The van der Waals surface area contributed by atoms with Crippen molar-refractivity contribution < 1.29 is 23.9 Å². The Hall–Kier alpha value is -2.45. The van der Waals surface area contributed by atoms with Crippen LogP contribution in [0.15, 0.2) is 22.7 Å². The van der Waals surface area contributed by atoms with E-state index in [1.807, 2.05) is 6.07 Å². The second kappa shape index (κ2) is 7.28. The van der Waals surface area contributed by atoms with Crippen LogP contribution in [0.2, 0.25) is 0 Å². The van der Waals surface area contributed by atoms with Crippen LogP contribution in [-0.2, 0) is 28.2 Å². The summed E-state index contributed by atoms with van der Waals surface area (Å²) in [5.41, 5.74) is 2.03. The molecule has 0 radical (unpaired) electrons. The van der Waals surface area contributed by atoms with Gasteiger partial charge in [-0.25, -0.2) is 0 Å². The molecule has 1 saturated heterocycles. The molecule has 1 aromatic carbocycles. The standard InChI is InChI=1S/C19H23N3O5/c1-13-20-17(21-27-13)12-25-15-2-3-16-14(10-15)4-9-26-19(16)5-7-22(8-6-19)18(24)11-23/h2-3,10,23H,4-9,11-12H2,1H3. The van der Waals surface area contributed by atoms with Crippen molar-refractivity contribution in [2.75, 3.05) is 26.3 Å². The van der Waals surface area contributed by atoms with Gasteiger partial charge in [-0.2, -0.15) is 4.98 Å². The molecular weight excluding hydrogens is 350 g/mol. The molecule has 1 fully saturated rings. The second-order valence-corrected chi connectivity index (χ2v) is 6.97. The summed E-state index contributed by atoms with van der Waals surface area (Å²) in [6, 6.07) is 6.06. The summed E-state index contributed by atoms with van der Waals surface area (Å²) in [7, 11) is 0. The lowest BCUT2D eigenvalue weighted by Crippen LogP contribution is -2.49. The highest BCUT2D eigenvalue weighted by Gasteiger charge is 2.41. The molecule has 27 heavy (non-hydrogen) atoms. The number of aliphatic hydroxyl groups excluding tert-OH is 1. The van der Waals surface area contributed by atoms with Gasteiger partial charge in [-0.3, -0.25) is 4.79 Å². The lowest BCUT2D eigenvalue weighted by Gasteiger charge is -2.45. The molecule has 1 aromatic heterocycles. The number of hydrogen-bond acceptors (Lipinski definition) is 7. The molecule has 1 N–H and O–H groups in total. The number of hydrogen-bond donors (Lipinski definition) is 1. The normalized spacial score (nSPS) is 18.4. The summed E-state index contributed by atoms with van der Waals surface area (Å²) >= 11 is 0. The van der Waals surface area contributed by atoms with Gasteiger partial charge >= 0.3 is 0 Å². The first-order valence-corrected chi connectivity index (χ1v) is 9.18. The number of nitrogens with zero attached hydrogens (tertiary/aromatic N) is 3. The number of carbonyl (C=O) groups excluding carboxylic acids is 1. The van der Waals surface area contributed by atoms with Crippen LogP contribution in [0.5, 0.6) is 5.75 Å². The number of ether oxygens (including phenoxy) is 2. The van der Waals surface area contributed by atoms with Crippen molar-refractivity contribution in [3.8, 4) is 5.75 Å². The highest BCUT2D eigenvalue weighted by molar-refractivity contribution is 5.77. The highest BCUT2D eigenvalue weighted by Crippen LogP contribution is 2.42. The molecule has 1 amide bonds. The summed E-state index contributed by atoms with van der Waals surface area (Å²) in [5.74, 6) is 1.58. The van der Waals surface area contributed by atoms with E-state index in [4.69, 9.17) is 19.1 Å². The number of aliphatic hydroxyl groups is 1. The molecule has 2 aliphatic heterocycles. The maximum Gasteiger partial charge on any atom is 0.248 e. The van der Waals surface area contributed by atoms with Gasteiger partial charge in [0.25, 0.3) is 0 Å². The summed E-state index contributed by atoms with van der Waals surface area (Å²) in [6.45, 7) is 3.40. The van der Waals surface area contributed by atoms with Crippen molar-refractivity contribution in [3.63, 3.8) is 0 Å². The average Bonchev–Trinajstić information content (AvgIpc) is 3.12. The zero-order valence-electron chi connectivity index (χ0n) is 15.3. The van der Waals surface area contributed by atoms with E-state index in [2.05, 4.69) is 22.3 Å². The van der Waals surface area contributed by atoms with Gasteiger partial charge in [0, 0.05) is 20.0 Å². The number of carbonyl (C=O) groups is 1. The van der Waals surface area contributed by atoms with Crippen molar-refractivity contribution in [2.24, 2.45) is 0 Å². The third-order valence-corrected chi connectivity index (χ3v) is 5.31. The quantitative estimate of drug-likeness (QED) is 0.863. The zero-order valence-corrected chi connectivity index (χ0v) is 15.3. The Bertz CT molecular complexity index is 827. The summed E-state index contributed by atoms with van der Waals surface area (Å²) in [4.78, 5) is 17.6. The minimum absolute atomic E-state index is 0.221. The minimum atomic E-state index is -0.439. The van der Waals surface area contributed by atoms with Crippen LogP contribution in [0.25, 0.3) is 0 Å². The van der Waals surface area contributed by atoms with Crippen LogP contribution >= 0.6 is 0 Å². The van der Waals surface area contributed by atoms with Crippen molar-refractivity contribution in [1.29, 1.82) is 0 Å². The van der Waals surface area contributed by atoms with E-state index in [1.165, 1.54) is 11.1 Å². The first-order chi connectivity index (χ1) is 13.1. The lowest BCUT2D eigenvalue weighted by atomic mass is 9.79. The molecule has 8 heteroatoms. The molecule has 0 unspecified atom stereocenters. The largest absolute Gasteiger partial charge is 0.485 e. The highest BCUT2D eigenvalue weighted by atomic mass is 16.5. The first-order valence-electron chi connectivity index (χ1n) is 9.18. The topological polar surface area (TPSA) is 97.9 Å². The third-order valence-electron chi connectivity index (χ3n) is 5.31. The Morgan fingerprint density at radius 3 is 2.89 bits per heavy atom. The van der Waals surface area contributed by atoms with Gasteiger partial charge in [0.05, 0.1) is 12.2 Å². The summed E-state index contributed by atoms with van der Waals surface area (Å²) < 4.78 is 16.9. The van der Waals surface area contributed by atoms with E-state index in [0.29, 0.717) is 31.4 Å². The van der Waals surface area contributed by atoms with E-state index in [0.717, 1.165) is 25.0 Å². The Balaban J connectivity index is 1.48. The van der Waals surface area contributed by atoms with Crippen LogP contribution in [0.4, 0.5) is 0 Å². The summed E-state index contributed by atoms with van der Waals surface area (Å²) in [6.07, 6.45) is 2.29. The van der Waals surface area contributed by atoms with Gasteiger partial charge in [0.1, 0.15) is 12.4 Å². The maximum atomic E-state index is 11.7. The van der Waals surface area contributed by atoms with Crippen LogP contribution in [0.3, 0.4) is 0 Å².